The zero-order valence-corrected chi connectivity index (χ0v) is 12.4. The van der Waals surface area contributed by atoms with Gasteiger partial charge in [0.05, 0.1) is 36.3 Å². The van der Waals surface area contributed by atoms with E-state index in [1.165, 1.54) is 4.68 Å². The maximum Gasteiger partial charge on any atom is 0.312 e. The highest BCUT2D eigenvalue weighted by atomic mass is 16.6. The Labute approximate surface area is 122 Å². The number of nitrogens with zero attached hydrogens (tertiary/aromatic N) is 3. The lowest BCUT2D eigenvalue weighted by molar-refractivity contribution is -0.386. The Balaban J connectivity index is 2.70. The number of rotatable bonds is 8. The molecule has 120 valence electrons. The van der Waals surface area contributed by atoms with Gasteiger partial charge >= 0.3 is 5.69 Å². The van der Waals surface area contributed by atoms with Crippen molar-refractivity contribution in [2.75, 3.05) is 19.8 Å². The van der Waals surface area contributed by atoms with Crippen LogP contribution in [0.5, 0.6) is 0 Å². The molecule has 1 unspecified atom stereocenters. The van der Waals surface area contributed by atoms with Crippen LogP contribution in [0.3, 0.4) is 0 Å². The minimum atomic E-state index is -0.887. The number of aliphatic hydroxyl groups excluding tert-OH is 3. The third-order valence-corrected chi connectivity index (χ3v) is 3.37. The van der Waals surface area contributed by atoms with Gasteiger partial charge in [-0.3, -0.25) is 14.8 Å². The van der Waals surface area contributed by atoms with Crippen LogP contribution in [0.15, 0.2) is 0 Å². The second-order valence-corrected chi connectivity index (χ2v) is 5.37. The molecule has 1 heterocycles. The number of aromatic nitrogens is 2. The molecule has 0 amide bonds. The van der Waals surface area contributed by atoms with E-state index in [0.717, 1.165) is 0 Å². The summed E-state index contributed by atoms with van der Waals surface area (Å²) in [4.78, 5) is 10.4. The summed E-state index contributed by atoms with van der Waals surface area (Å²) in [7, 11) is 0. The molecule has 0 radical (unpaired) electrons. The molecule has 4 N–H and O–H groups in total. The highest BCUT2D eigenvalue weighted by Gasteiger charge is 2.25. The quantitative estimate of drug-likeness (QED) is 0.361. The van der Waals surface area contributed by atoms with Crippen molar-refractivity contribution in [1.29, 1.82) is 0 Å². The summed E-state index contributed by atoms with van der Waals surface area (Å²) >= 11 is 0. The van der Waals surface area contributed by atoms with Gasteiger partial charge in [0.15, 0.2) is 0 Å². The molecule has 0 bridgehead atoms. The Bertz CT molecular complexity index is 498. The standard InChI is InChI=1S/C12H22N4O5/c1-8-11(16(20)21)9(2)15(14-8)5-10(19)4-13-12(3,6-17)7-18/h10,13,17-19H,4-7H2,1-3H3. The lowest BCUT2D eigenvalue weighted by Crippen LogP contribution is -2.51. The van der Waals surface area contributed by atoms with Crippen LogP contribution in [0.2, 0.25) is 0 Å². The van der Waals surface area contributed by atoms with E-state index in [-0.39, 0.29) is 32.0 Å². The smallest absolute Gasteiger partial charge is 0.312 e. The highest BCUT2D eigenvalue weighted by molar-refractivity contribution is 5.39. The van der Waals surface area contributed by atoms with E-state index >= 15 is 0 Å². The SMILES string of the molecule is Cc1nn(CC(O)CNC(C)(CO)CO)c(C)c1[N+](=O)[O-]. The molecule has 0 aliphatic heterocycles. The molecule has 21 heavy (non-hydrogen) atoms. The highest BCUT2D eigenvalue weighted by Crippen LogP contribution is 2.21. The predicted octanol–water partition coefficient (Wildman–Crippen LogP) is -0.898. The monoisotopic (exact) mass is 302 g/mol. The van der Waals surface area contributed by atoms with Gasteiger partial charge in [-0.1, -0.05) is 0 Å². The fourth-order valence-corrected chi connectivity index (χ4v) is 1.92. The second kappa shape index (κ2) is 6.94. The first-order valence-electron chi connectivity index (χ1n) is 6.57. The number of aryl methyl sites for hydroxylation is 1. The van der Waals surface area contributed by atoms with Gasteiger partial charge in [-0.05, 0) is 20.8 Å². The van der Waals surface area contributed by atoms with E-state index in [1.54, 1.807) is 20.8 Å². The molecule has 1 aromatic rings. The summed E-state index contributed by atoms with van der Waals surface area (Å²) in [6, 6.07) is 0. The first-order valence-corrected chi connectivity index (χ1v) is 6.57. The molecule has 1 rings (SSSR count). The van der Waals surface area contributed by atoms with E-state index in [4.69, 9.17) is 10.2 Å². The molecule has 0 aromatic carbocycles. The number of nitrogens with one attached hydrogen (secondary N) is 1. The van der Waals surface area contributed by atoms with Gasteiger partial charge in [0.1, 0.15) is 11.4 Å². The largest absolute Gasteiger partial charge is 0.394 e. The maximum absolute atomic E-state index is 10.9. The molecule has 9 nitrogen and oxygen atoms in total. The molecular formula is C12H22N4O5. The van der Waals surface area contributed by atoms with Crippen LogP contribution < -0.4 is 5.32 Å². The Morgan fingerprint density at radius 3 is 2.43 bits per heavy atom. The van der Waals surface area contributed by atoms with Gasteiger partial charge in [-0.15, -0.1) is 0 Å². The lowest BCUT2D eigenvalue weighted by atomic mass is 10.1. The van der Waals surface area contributed by atoms with E-state index in [9.17, 15) is 15.2 Å². The Hall–Kier alpha value is -1.55. The number of nitro groups is 1. The van der Waals surface area contributed by atoms with Gasteiger partial charge in [-0.25, -0.2) is 0 Å². The average Bonchev–Trinajstić information content (AvgIpc) is 2.70. The van der Waals surface area contributed by atoms with Crippen LogP contribution in [-0.2, 0) is 6.54 Å². The molecule has 0 saturated carbocycles. The number of β-amino-alcohol motifs (C(OH)–C–C–N with tert-alkyl or cyclic N) is 1. The normalized spacial score (nSPS) is 13.4. The molecule has 0 aliphatic rings. The van der Waals surface area contributed by atoms with Gasteiger partial charge in [0, 0.05) is 6.54 Å². The third-order valence-electron chi connectivity index (χ3n) is 3.37. The molecule has 0 spiro atoms. The topological polar surface area (TPSA) is 134 Å². The summed E-state index contributed by atoms with van der Waals surface area (Å²) in [5.41, 5.74) is -0.259. The number of hydrogen-bond donors (Lipinski definition) is 4. The van der Waals surface area contributed by atoms with Crippen molar-refractivity contribution < 1.29 is 20.2 Å². The molecule has 0 saturated heterocycles. The number of hydrogen-bond acceptors (Lipinski definition) is 7. The first-order chi connectivity index (χ1) is 9.74. The van der Waals surface area contributed by atoms with Crippen LogP contribution in [-0.4, -0.2) is 61.4 Å². The van der Waals surface area contributed by atoms with Crippen LogP contribution in [0, 0.1) is 24.0 Å². The predicted molar refractivity (Wildman–Crippen MR) is 74.9 cm³/mol. The molecule has 1 aromatic heterocycles. The van der Waals surface area contributed by atoms with Crippen molar-refractivity contribution in [3.63, 3.8) is 0 Å². The van der Waals surface area contributed by atoms with Crippen molar-refractivity contribution in [3.8, 4) is 0 Å². The fourth-order valence-electron chi connectivity index (χ4n) is 1.92. The summed E-state index contributed by atoms with van der Waals surface area (Å²) in [6.45, 7) is 4.38. The fraction of sp³-hybridized carbons (Fsp3) is 0.750. The van der Waals surface area contributed by atoms with Crippen LogP contribution >= 0.6 is 0 Å². The van der Waals surface area contributed by atoms with Crippen molar-refractivity contribution in [1.82, 2.24) is 15.1 Å². The van der Waals surface area contributed by atoms with Crippen molar-refractivity contribution >= 4 is 5.69 Å². The lowest BCUT2D eigenvalue weighted by Gasteiger charge is -2.27. The van der Waals surface area contributed by atoms with E-state index in [2.05, 4.69) is 10.4 Å². The minimum Gasteiger partial charge on any atom is -0.394 e. The van der Waals surface area contributed by atoms with Crippen molar-refractivity contribution in [2.24, 2.45) is 0 Å². The number of aliphatic hydroxyl groups is 3. The zero-order valence-electron chi connectivity index (χ0n) is 12.4. The molecule has 9 heteroatoms. The maximum atomic E-state index is 10.9. The third kappa shape index (κ3) is 4.21. The Kier molecular flexibility index (Phi) is 5.78. The van der Waals surface area contributed by atoms with Crippen LogP contribution in [0.4, 0.5) is 5.69 Å². The molecule has 0 fully saturated rings. The first kappa shape index (κ1) is 17.5. The van der Waals surface area contributed by atoms with Gasteiger partial charge in [-0.2, -0.15) is 5.10 Å². The Morgan fingerprint density at radius 1 is 1.43 bits per heavy atom. The summed E-state index contributed by atoms with van der Waals surface area (Å²) in [5, 5.41) is 46.0. The van der Waals surface area contributed by atoms with Crippen molar-refractivity contribution in [3.05, 3.63) is 21.5 Å². The van der Waals surface area contributed by atoms with E-state index < -0.39 is 16.6 Å². The van der Waals surface area contributed by atoms with Crippen LogP contribution in [0.1, 0.15) is 18.3 Å². The van der Waals surface area contributed by atoms with E-state index in [0.29, 0.717) is 11.4 Å². The molecular weight excluding hydrogens is 280 g/mol. The minimum absolute atomic E-state index is 0.0503. The molecule has 0 aliphatic carbocycles. The van der Waals surface area contributed by atoms with Crippen molar-refractivity contribution in [2.45, 2.75) is 39.0 Å². The average molecular weight is 302 g/mol. The van der Waals surface area contributed by atoms with E-state index in [1.807, 2.05) is 0 Å². The van der Waals surface area contributed by atoms with Gasteiger partial charge in [0.2, 0.25) is 0 Å². The summed E-state index contributed by atoms with van der Waals surface area (Å²) in [6.07, 6.45) is -0.861. The zero-order chi connectivity index (χ0) is 16.2. The molecule has 1 atom stereocenters. The Morgan fingerprint density at radius 2 is 2.00 bits per heavy atom. The van der Waals surface area contributed by atoms with Crippen LogP contribution in [0.25, 0.3) is 0 Å². The van der Waals surface area contributed by atoms with Gasteiger partial charge in [0.25, 0.3) is 0 Å². The second-order valence-electron chi connectivity index (χ2n) is 5.37. The summed E-state index contributed by atoms with van der Waals surface area (Å²) in [5.74, 6) is 0. The summed E-state index contributed by atoms with van der Waals surface area (Å²) < 4.78 is 1.38. The van der Waals surface area contributed by atoms with Gasteiger partial charge < -0.3 is 20.6 Å².